The Kier molecular flexibility index (Phi) is 3.46. The number of nitrogens with zero attached hydrogens (tertiary/aromatic N) is 2. The number of ether oxygens (including phenoxy) is 1. The fraction of sp³-hybridized carbons (Fsp3) is 0.0833. The molecule has 0 aliphatic heterocycles. The lowest BCUT2D eigenvalue weighted by Crippen LogP contribution is -2.11. The predicted octanol–water partition coefficient (Wildman–Crippen LogP) is 1.85. The number of hydrogen-bond acceptors (Lipinski definition) is 4. The van der Waals surface area contributed by atoms with Crippen molar-refractivity contribution in [2.45, 2.75) is 0 Å². The van der Waals surface area contributed by atoms with E-state index in [1.165, 1.54) is 18.2 Å². The zero-order valence-electron chi connectivity index (χ0n) is 9.72. The molecule has 2 aromatic rings. The summed E-state index contributed by atoms with van der Waals surface area (Å²) in [6, 6.07) is 7.48. The van der Waals surface area contributed by atoms with E-state index >= 15 is 0 Å². The van der Waals surface area contributed by atoms with Crippen molar-refractivity contribution in [1.82, 2.24) is 4.57 Å². The molecule has 0 bridgehead atoms. The Morgan fingerprint density at radius 1 is 1.37 bits per heavy atom. The van der Waals surface area contributed by atoms with E-state index in [0.29, 0.717) is 5.69 Å². The van der Waals surface area contributed by atoms with E-state index in [4.69, 9.17) is 9.84 Å². The standard InChI is InChI=1S/C12H10N2O5/c15-12(16)8-19-11-4-3-9(14(17)18)7-10(11)13-5-1-2-6-13/h1-7H,8H2,(H,15,16). The van der Waals surface area contributed by atoms with Crippen LogP contribution >= 0.6 is 0 Å². The molecule has 0 fully saturated rings. The Labute approximate surface area is 107 Å². The quantitative estimate of drug-likeness (QED) is 0.655. The van der Waals surface area contributed by atoms with E-state index in [1.54, 1.807) is 29.1 Å². The Bertz CT molecular complexity index is 607. The first-order valence-corrected chi connectivity index (χ1v) is 5.34. The lowest BCUT2D eigenvalue weighted by molar-refractivity contribution is -0.384. The molecule has 98 valence electrons. The summed E-state index contributed by atoms with van der Waals surface area (Å²) in [4.78, 5) is 20.7. The number of aliphatic carboxylic acids is 1. The first kappa shape index (κ1) is 12.6. The van der Waals surface area contributed by atoms with Gasteiger partial charge in [-0.2, -0.15) is 0 Å². The van der Waals surface area contributed by atoms with Crippen molar-refractivity contribution in [3.8, 4) is 11.4 Å². The summed E-state index contributed by atoms with van der Waals surface area (Å²) < 4.78 is 6.73. The molecule has 0 atom stereocenters. The minimum absolute atomic E-state index is 0.0913. The van der Waals surface area contributed by atoms with Gasteiger partial charge < -0.3 is 14.4 Å². The van der Waals surface area contributed by atoms with Gasteiger partial charge in [-0.25, -0.2) is 4.79 Å². The number of carboxylic acids is 1. The molecule has 0 radical (unpaired) electrons. The normalized spacial score (nSPS) is 10.1. The smallest absolute Gasteiger partial charge is 0.341 e. The molecular weight excluding hydrogens is 252 g/mol. The SMILES string of the molecule is O=C(O)COc1ccc([N+](=O)[O-])cc1-n1cccc1. The van der Waals surface area contributed by atoms with Crippen molar-refractivity contribution in [3.05, 3.63) is 52.8 Å². The number of nitro benzene ring substituents is 1. The summed E-state index contributed by atoms with van der Waals surface area (Å²) >= 11 is 0. The van der Waals surface area contributed by atoms with Gasteiger partial charge in [0, 0.05) is 24.5 Å². The van der Waals surface area contributed by atoms with Crippen LogP contribution in [-0.2, 0) is 4.79 Å². The van der Waals surface area contributed by atoms with Crippen LogP contribution in [0.1, 0.15) is 0 Å². The molecule has 0 aliphatic carbocycles. The van der Waals surface area contributed by atoms with Gasteiger partial charge in [-0.15, -0.1) is 0 Å². The summed E-state index contributed by atoms with van der Waals surface area (Å²) in [7, 11) is 0. The van der Waals surface area contributed by atoms with Gasteiger partial charge >= 0.3 is 5.97 Å². The molecule has 1 heterocycles. The summed E-state index contributed by atoms with van der Waals surface area (Å²) in [5.74, 6) is -0.846. The zero-order chi connectivity index (χ0) is 13.8. The Hall–Kier alpha value is -2.83. The lowest BCUT2D eigenvalue weighted by atomic mass is 10.2. The van der Waals surface area contributed by atoms with Crippen molar-refractivity contribution < 1.29 is 19.6 Å². The number of nitro groups is 1. The molecule has 1 aromatic carbocycles. The van der Waals surface area contributed by atoms with Crippen LogP contribution in [0.4, 0.5) is 5.69 Å². The van der Waals surface area contributed by atoms with Gasteiger partial charge in [0.2, 0.25) is 0 Å². The van der Waals surface area contributed by atoms with Crippen LogP contribution in [0.15, 0.2) is 42.7 Å². The second kappa shape index (κ2) is 5.21. The van der Waals surface area contributed by atoms with Crippen LogP contribution in [0.5, 0.6) is 5.75 Å². The summed E-state index contributed by atoms with van der Waals surface area (Å²) in [5.41, 5.74) is 0.326. The van der Waals surface area contributed by atoms with Crippen LogP contribution in [0.25, 0.3) is 5.69 Å². The number of rotatable bonds is 5. The Balaban J connectivity index is 2.42. The molecule has 1 aromatic heterocycles. The van der Waals surface area contributed by atoms with Crippen LogP contribution in [-0.4, -0.2) is 27.2 Å². The zero-order valence-corrected chi connectivity index (χ0v) is 9.72. The molecule has 1 N–H and O–H groups in total. The van der Waals surface area contributed by atoms with Crippen molar-refractivity contribution in [2.75, 3.05) is 6.61 Å². The van der Waals surface area contributed by atoms with Gasteiger partial charge in [0.25, 0.3) is 5.69 Å². The van der Waals surface area contributed by atoms with Crippen molar-refractivity contribution in [3.63, 3.8) is 0 Å². The van der Waals surface area contributed by atoms with Crippen LogP contribution in [0, 0.1) is 10.1 Å². The molecule has 2 rings (SSSR count). The van der Waals surface area contributed by atoms with Gasteiger partial charge in [-0.05, 0) is 18.2 Å². The summed E-state index contributed by atoms with van der Waals surface area (Å²) in [6.07, 6.45) is 3.37. The maximum Gasteiger partial charge on any atom is 0.341 e. The molecule has 0 unspecified atom stereocenters. The first-order chi connectivity index (χ1) is 9.08. The van der Waals surface area contributed by atoms with E-state index in [2.05, 4.69) is 0 Å². The maximum atomic E-state index is 10.8. The number of benzene rings is 1. The van der Waals surface area contributed by atoms with Gasteiger partial charge in [-0.1, -0.05) is 0 Å². The molecule has 0 saturated carbocycles. The van der Waals surface area contributed by atoms with E-state index in [1.807, 2.05) is 0 Å². The van der Waals surface area contributed by atoms with E-state index in [-0.39, 0.29) is 11.4 Å². The molecule has 0 spiro atoms. The largest absolute Gasteiger partial charge is 0.480 e. The second-order valence-corrected chi connectivity index (χ2v) is 3.68. The fourth-order valence-corrected chi connectivity index (χ4v) is 1.58. The van der Waals surface area contributed by atoms with Gasteiger partial charge in [0.1, 0.15) is 5.75 Å². The predicted molar refractivity (Wildman–Crippen MR) is 65.6 cm³/mol. The summed E-state index contributed by atoms with van der Waals surface area (Å²) in [5, 5.41) is 19.4. The Morgan fingerprint density at radius 3 is 2.63 bits per heavy atom. The van der Waals surface area contributed by atoms with Gasteiger partial charge in [0.15, 0.2) is 6.61 Å². The van der Waals surface area contributed by atoms with Crippen molar-refractivity contribution >= 4 is 11.7 Å². The monoisotopic (exact) mass is 262 g/mol. The highest BCUT2D eigenvalue weighted by molar-refractivity contribution is 5.69. The van der Waals surface area contributed by atoms with Crippen LogP contribution in [0.2, 0.25) is 0 Å². The third-order valence-corrected chi connectivity index (χ3v) is 2.39. The third-order valence-electron chi connectivity index (χ3n) is 2.39. The number of non-ortho nitro benzene ring substituents is 1. The van der Waals surface area contributed by atoms with Gasteiger partial charge in [-0.3, -0.25) is 10.1 Å². The molecular formula is C12H10N2O5. The number of carbonyl (C=O) groups is 1. The topological polar surface area (TPSA) is 94.6 Å². The second-order valence-electron chi connectivity index (χ2n) is 3.68. The van der Waals surface area contributed by atoms with Crippen LogP contribution < -0.4 is 4.74 Å². The highest BCUT2D eigenvalue weighted by Crippen LogP contribution is 2.27. The van der Waals surface area contributed by atoms with E-state index < -0.39 is 17.5 Å². The molecule has 0 aliphatic rings. The van der Waals surface area contributed by atoms with Crippen molar-refractivity contribution in [1.29, 1.82) is 0 Å². The number of aromatic nitrogens is 1. The first-order valence-electron chi connectivity index (χ1n) is 5.34. The average Bonchev–Trinajstić information content (AvgIpc) is 2.89. The Morgan fingerprint density at radius 2 is 2.05 bits per heavy atom. The van der Waals surface area contributed by atoms with E-state index in [9.17, 15) is 14.9 Å². The minimum Gasteiger partial charge on any atom is -0.480 e. The summed E-state index contributed by atoms with van der Waals surface area (Å²) in [6.45, 7) is -0.508. The molecule has 0 saturated heterocycles. The highest BCUT2D eigenvalue weighted by atomic mass is 16.6. The minimum atomic E-state index is -1.11. The lowest BCUT2D eigenvalue weighted by Gasteiger charge is -2.10. The number of carboxylic acid groups (broad SMARTS) is 1. The molecule has 7 heteroatoms. The van der Waals surface area contributed by atoms with Crippen LogP contribution in [0.3, 0.4) is 0 Å². The molecule has 7 nitrogen and oxygen atoms in total. The van der Waals surface area contributed by atoms with E-state index in [0.717, 1.165) is 0 Å². The maximum absolute atomic E-state index is 10.8. The molecule has 0 amide bonds. The fourth-order valence-electron chi connectivity index (χ4n) is 1.58. The number of hydrogen-bond donors (Lipinski definition) is 1. The highest BCUT2D eigenvalue weighted by Gasteiger charge is 2.13. The van der Waals surface area contributed by atoms with Crippen molar-refractivity contribution in [2.24, 2.45) is 0 Å². The van der Waals surface area contributed by atoms with Gasteiger partial charge in [0.05, 0.1) is 10.6 Å². The molecule has 19 heavy (non-hydrogen) atoms. The third kappa shape index (κ3) is 2.89. The average molecular weight is 262 g/mol.